The van der Waals surface area contributed by atoms with Crippen molar-refractivity contribution < 1.29 is 19.4 Å². The Bertz CT molecular complexity index is 1220. The summed E-state index contributed by atoms with van der Waals surface area (Å²) in [5, 5.41) is 9.74. The molecule has 0 fully saturated rings. The molecule has 1 atom stereocenters. The van der Waals surface area contributed by atoms with E-state index in [0.717, 1.165) is 29.7 Å². The Labute approximate surface area is 211 Å². The fourth-order valence-electron chi connectivity index (χ4n) is 4.58. The second-order valence-electron chi connectivity index (χ2n) is 9.36. The molecular weight excluding hydrogens is 462 g/mol. The van der Waals surface area contributed by atoms with Gasteiger partial charge in [0.25, 0.3) is 5.91 Å². The van der Waals surface area contributed by atoms with Crippen molar-refractivity contribution in [2.24, 2.45) is 0 Å². The highest BCUT2D eigenvalue weighted by molar-refractivity contribution is 6.31. The number of fused-ring (bicyclic) bond motifs is 1. The molecule has 3 aromatic rings. The topological polar surface area (TPSA) is 66.8 Å². The SMILES string of the molecule is CCc1ccc(C[C@]2(C)Cc3cc(C(=O)N(CCC(=O)O)Cc4ccccc4Cl)ccc3O2)cc1. The lowest BCUT2D eigenvalue weighted by Gasteiger charge is -2.24. The van der Waals surface area contributed by atoms with E-state index in [1.807, 2.05) is 30.3 Å². The fourth-order valence-corrected chi connectivity index (χ4v) is 4.77. The molecule has 0 spiro atoms. The first-order valence-electron chi connectivity index (χ1n) is 11.9. The smallest absolute Gasteiger partial charge is 0.305 e. The fraction of sp³-hybridized carbons (Fsp3) is 0.310. The van der Waals surface area contributed by atoms with Crippen LogP contribution >= 0.6 is 11.6 Å². The number of ether oxygens (including phenoxy) is 1. The highest BCUT2D eigenvalue weighted by Gasteiger charge is 2.35. The molecule has 0 radical (unpaired) electrons. The molecule has 3 aromatic carbocycles. The summed E-state index contributed by atoms with van der Waals surface area (Å²) in [5.74, 6) is -0.387. The molecule has 4 rings (SSSR count). The number of benzene rings is 3. The number of nitrogens with zero attached hydrogens (tertiary/aromatic N) is 1. The number of hydrogen-bond donors (Lipinski definition) is 1. The quantitative estimate of drug-likeness (QED) is 0.401. The van der Waals surface area contributed by atoms with Crippen molar-refractivity contribution >= 4 is 23.5 Å². The predicted octanol–water partition coefficient (Wildman–Crippen LogP) is 5.96. The minimum atomic E-state index is -0.952. The number of carboxylic acids is 1. The Balaban J connectivity index is 1.51. The van der Waals surface area contributed by atoms with Crippen LogP contribution in [-0.2, 0) is 30.6 Å². The van der Waals surface area contributed by atoms with E-state index in [-0.39, 0.29) is 25.4 Å². The third-order valence-corrected chi connectivity index (χ3v) is 6.81. The van der Waals surface area contributed by atoms with Crippen molar-refractivity contribution in [3.05, 3.63) is 99.6 Å². The average Bonchev–Trinajstić information content (AvgIpc) is 3.17. The molecule has 0 saturated heterocycles. The lowest BCUT2D eigenvalue weighted by molar-refractivity contribution is -0.137. The van der Waals surface area contributed by atoms with E-state index in [1.165, 1.54) is 11.1 Å². The molecule has 0 saturated carbocycles. The molecule has 5 nitrogen and oxygen atoms in total. The first-order chi connectivity index (χ1) is 16.8. The van der Waals surface area contributed by atoms with Crippen LogP contribution in [0.2, 0.25) is 5.02 Å². The minimum Gasteiger partial charge on any atom is -0.487 e. The Hall–Kier alpha value is -3.31. The lowest BCUT2D eigenvalue weighted by atomic mass is 9.91. The highest BCUT2D eigenvalue weighted by Crippen LogP contribution is 2.38. The summed E-state index contributed by atoms with van der Waals surface area (Å²) >= 11 is 6.30. The van der Waals surface area contributed by atoms with Gasteiger partial charge < -0.3 is 14.7 Å². The summed E-state index contributed by atoms with van der Waals surface area (Å²) in [6.45, 7) is 4.57. The molecule has 1 aliphatic heterocycles. The molecule has 0 unspecified atom stereocenters. The second kappa shape index (κ2) is 10.5. The van der Waals surface area contributed by atoms with Crippen LogP contribution in [0.15, 0.2) is 66.7 Å². The zero-order valence-corrected chi connectivity index (χ0v) is 20.8. The van der Waals surface area contributed by atoms with Gasteiger partial charge in [-0.05, 0) is 59.9 Å². The van der Waals surface area contributed by atoms with Crippen LogP contribution in [0.4, 0.5) is 0 Å². The number of carbonyl (C=O) groups is 2. The number of aliphatic carboxylic acids is 1. The number of aryl methyl sites for hydroxylation is 1. The molecule has 0 aromatic heterocycles. The first kappa shape index (κ1) is 24.8. The lowest BCUT2D eigenvalue weighted by Crippen LogP contribution is -2.33. The van der Waals surface area contributed by atoms with Gasteiger partial charge in [0.05, 0.1) is 6.42 Å². The Kier molecular flexibility index (Phi) is 7.46. The van der Waals surface area contributed by atoms with Gasteiger partial charge in [-0.1, -0.05) is 61.0 Å². The van der Waals surface area contributed by atoms with Gasteiger partial charge >= 0.3 is 5.97 Å². The van der Waals surface area contributed by atoms with Crippen molar-refractivity contribution in [3.63, 3.8) is 0 Å². The normalized spacial score (nSPS) is 16.4. The van der Waals surface area contributed by atoms with Gasteiger partial charge in [-0.25, -0.2) is 0 Å². The Morgan fingerprint density at radius 2 is 1.77 bits per heavy atom. The van der Waals surface area contributed by atoms with Gasteiger partial charge in [0.2, 0.25) is 0 Å². The van der Waals surface area contributed by atoms with Gasteiger partial charge in [-0.15, -0.1) is 0 Å². The summed E-state index contributed by atoms with van der Waals surface area (Å²) < 4.78 is 6.32. The van der Waals surface area contributed by atoms with Crippen molar-refractivity contribution in [2.45, 2.75) is 51.7 Å². The van der Waals surface area contributed by atoms with E-state index in [0.29, 0.717) is 17.0 Å². The Morgan fingerprint density at radius 1 is 1.06 bits per heavy atom. The molecule has 1 heterocycles. The summed E-state index contributed by atoms with van der Waals surface area (Å²) in [5.41, 5.74) is 4.41. The summed E-state index contributed by atoms with van der Waals surface area (Å²) in [6, 6.07) is 21.4. The number of carbonyl (C=O) groups excluding carboxylic acids is 1. The van der Waals surface area contributed by atoms with E-state index in [4.69, 9.17) is 16.3 Å². The maximum Gasteiger partial charge on any atom is 0.305 e. The van der Waals surface area contributed by atoms with Crippen molar-refractivity contribution in [2.75, 3.05) is 6.54 Å². The number of carboxylic acid groups (broad SMARTS) is 1. The van der Waals surface area contributed by atoms with E-state index in [1.54, 1.807) is 17.0 Å². The largest absolute Gasteiger partial charge is 0.487 e. The average molecular weight is 492 g/mol. The molecule has 1 N–H and O–H groups in total. The predicted molar refractivity (Wildman–Crippen MR) is 137 cm³/mol. The van der Waals surface area contributed by atoms with Crippen LogP contribution in [0.5, 0.6) is 5.75 Å². The van der Waals surface area contributed by atoms with E-state index >= 15 is 0 Å². The second-order valence-corrected chi connectivity index (χ2v) is 9.77. The molecule has 6 heteroatoms. The highest BCUT2D eigenvalue weighted by atomic mass is 35.5. The van der Waals surface area contributed by atoms with E-state index in [2.05, 4.69) is 38.1 Å². The molecular formula is C29H30ClNO4. The molecule has 0 aliphatic carbocycles. The third-order valence-electron chi connectivity index (χ3n) is 6.44. The van der Waals surface area contributed by atoms with Gasteiger partial charge in [0.1, 0.15) is 11.4 Å². The van der Waals surface area contributed by atoms with Crippen molar-refractivity contribution in [1.82, 2.24) is 4.90 Å². The van der Waals surface area contributed by atoms with Gasteiger partial charge in [-0.3, -0.25) is 9.59 Å². The zero-order valence-electron chi connectivity index (χ0n) is 20.1. The molecule has 0 bridgehead atoms. The van der Waals surface area contributed by atoms with Gasteiger partial charge in [0.15, 0.2) is 0 Å². The standard InChI is InChI=1S/C29H30ClNO4/c1-3-20-8-10-21(11-9-20)17-29(2)18-24-16-22(12-13-26(24)35-29)28(34)31(15-14-27(32)33)19-23-6-4-5-7-25(23)30/h4-13,16H,3,14-15,17-19H2,1-2H3,(H,32,33)/t29-/m1/s1. The molecule has 35 heavy (non-hydrogen) atoms. The monoisotopic (exact) mass is 491 g/mol. The van der Waals surface area contributed by atoms with Crippen LogP contribution in [0.25, 0.3) is 0 Å². The third kappa shape index (κ3) is 6.04. The molecule has 182 valence electrons. The summed E-state index contributed by atoms with van der Waals surface area (Å²) in [4.78, 5) is 26.2. The first-order valence-corrected chi connectivity index (χ1v) is 12.3. The maximum absolute atomic E-state index is 13.4. The number of hydrogen-bond acceptors (Lipinski definition) is 3. The van der Waals surface area contributed by atoms with Gasteiger partial charge in [-0.2, -0.15) is 0 Å². The van der Waals surface area contributed by atoms with Crippen molar-refractivity contribution in [1.29, 1.82) is 0 Å². The number of amides is 1. The van der Waals surface area contributed by atoms with Crippen LogP contribution in [0, 0.1) is 0 Å². The van der Waals surface area contributed by atoms with Crippen LogP contribution in [-0.4, -0.2) is 34.0 Å². The summed E-state index contributed by atoms with van der Waals surface area (Å²) in [7, 11) is 0. The Morgan fingerprint density at radius 3 is 2.46 bits per heavy atom. The minimum absolute atomic E-state index is 0.0957. The van der Waals surface area contributed by atoms with Crippen LogP contribution < -0.4 is 4.74 Å². The number of rotatable bonds is 9. The van der Waals surface area contributed by atoms with Gasteiger partial charge in [0, 0.05) is 36.5 Å². The summed E-state index contributed by atoms with van der Waals surface area (Å²) in [6.07, 6.45) is 2.33. The van der Waals surface area contributed by atoms with Crippen LogP contribution in [0.1, 0.15) is 52.9 Å². The molecule has 1 aliphatic rings. The maximum atomic E-state index is 13.4. The molecule has 1 amide bonds. The van der Waals surface area contributed by atoms with E-state index in [9.17, 15) is 14.7 Å². The zero-order chi connectivity index (χ0) is 25.0. The van der Waals surface area contributed by atoms with Crippen LogP contribution in [0.3, 0.4) is 0 Å². The number of halogens is 1. The van der Waals surface area contributed by atoms with E-state index < -0.39 is 11.6 Å². The van der Waals surface area contributed by atoms with Crippen molar-refractivity contribution in [3.8, 4) is 5.75 Å².